The number of carbonyl (C=O) groups is 2. The highest BCUT2D eigenvalue weighted by atomic mass is 32.2. The van der Waals surface area contributed by atoms with E-state index in [1.807, 2.05) is 0 Å². The van der Waals surface area contributed by atoms with Crippen molar-refractivity contribution >= 4 is 38.2 Å². The van der Waals surface area contributed by atoms with Crippen LogP contribution in [0.15, 0.2) is 53.4 Å². The number of fused-ring (bicyclic) bond motifs is 1. The monoisotopic (exact) mass is 397 g/mol. The first-order valence-electron chi connectivity index (χ1n) is 8.51. The van der Waals surface area contributed by atoms with Gasteiger partial charge in [-0.25, -0.2) is 13.2 Å². The maximum absolute atomic E-state index is 12.9. The highest BCUT2D eigenvalue weighted by molar-refractivity contribution is 7.92. The number of benzene rings is 3. The number of hydrogen-bond donors (Lipinski definition) is 2. The summed E-state index contributed by atoms with van der Waals surface area (Å²) in [5.41, 5.74) is 2.11. The quantitative estimate of drug-likeness (QED) is 0.630. The molecule has 3 rings (SSSR count). The Bertz CT molecular complexity index is 1210. The van der Waals surface area contributed by atoms with E-state index in [4.69, 9.17) is 0 Å². The average Bonchev–Trinajstić information content (AvgIpc) is 2.59. The predicted octanol–water partition coefficient (Wildman–Crippen LogP) is 4.16. The number of aryl methyl sites for hydroxylation is 2. The molecule has 3 aromatic carbocycles. The van der Waals surface area contributed by atoms with E-state index in [0.29, 0.717) is 33.2 Å². The van der Waals surface area contributed by atoms with Gasteiger partial charge in [0.15, 0.2) is 5.78 Å². The fraction of sp³-hybridized carbons (Fsp3) is 0.143. The molecule has 0 unspecified atom stereocenters. The van der Waals surface area contributed by atoms with Crippen LogP contribution in [-0.4, -0.2) is 25.3 Å². The molecule has 0 amide bonds. The molecule has 0 spiro atoms. The highest BCUT2D eigenvalue weighted by Gasteiger charge is 2.20. The molecule has 0 aliphatic rings. The van der Waals surface area contributed by atoms with Crippen LogP contribution < -0.4 is 4.72 Å². The second kappa shape index (κ2) is 7.09. The third kappa shape index (κ3) is 3.61. The van der Waals surface area contributed by atoms with Gasteiger partial charge in [-0.15, -0.1) is 0 Å². The van der Waals surface area contributed by atoms with E-state index >= 15 is 0 Å². The number of Topliss-reactive ketones (excluding diaryl/α,β-unsaturated/α-hetero) is 1. The van der Waals surface area contributed by atoms with Crippen molar-refractivity contribution < 1.29 is 23.1 Å². The zero-order valence-electron chi connectivity index (χ0n) is 15.6. The molecule has 0 heterocycles. The predicted molar refractivity (Wildman–Crippen MR) is 108 cm³/mol. The molecule has 6 nitrogen and oxygen atoms in total. The van der Waals surface area contributed by atoms with E-state index in [9.17, 15) is 23.1 Å². The van der Waals surface area contributed by atoms with Crippen LogP contribution in [0, 0.1) is 13.8 Å². The molecule has 0 saturated heterocycles. The lowest BCUT2D eigenvalue weighted by Crippen LogP contribution is -2.15. The molecular formula is C21H19NO5S. The van der Waals surface area contributed by atoms with E-state index in [2.05, 4.69) is 4.72 Å². The minimum atomic E-state index is -4.03. The van der Waals surface area contributed by atoms with E-state index in [1.54, 1.807) is 50.2 Å². The van der Waals surface area contributed by atoms with Gasteiger partial charge >= 0.3 is 5.97 Å². The van der Waals surface area contributed by atoms with Gasteiger partial charge in [-0.2, -0.15) is 0 Å². The molecule has 0 saturated carbocycles. The number of nitrogens with one attached hydrogen (secondary N) is 1. The van der Waals surface area contributed by atoms with Crippen LogP contribution >= 0.6 is 0 Å². The van der Waals surface area contributed by atoms with Gasteiger partial charge in [0.1, 0.15) is 0 Å². The van der Waals surface area contributed by atoms with Crippen LogP contribution in [0.4, 0.5) is 5.69 Å². The summed E-state index contributed by atoms with van der Waals surface area (Å²) in [6, 6.07) is 12.5. The van der Waals surface area contributed by atoms with Gasteiger partial charge in [0.25, 0.3) is 10.0 Å². The SMILES string of the molecule is CC(=O)c1c(C)cc(NS(=O)(=O)c2cc(C(=O)O)c3ccccc3c2)cc1C. The summed E-state index contributed by atoms with van der Waals surface area (Å²) in [4.78, 5) is 23.2. The zero-order chi connectivity index (χ0) is 20.6. The molecule has 28 heavy (non-hydrogen) atoms. The van der Waals surface area contributed by atoms with E-state index in [1.165, 1.54) is 13.0 Å². The molecule has 0 fully saturated rings. The molecule has 3 aromatic rings. The first-order valence-corrected chi connectivity index (χ1v) is 9.99. The van der Waals surface area contributed by atoms with Crippen molar-refractivity contribution in [2.45, 2.75) is 25.7 Å². The number of rotatable bonds is 5. The van der Waals surface area contributed by atoms with Crippen molar-refractivity contribution in [3.63, 3.8) is 0 Å². The number of hydrogen-bond acceptors (Lipinski definition) is 4. The van der Waals surface area contributed by atoms with Gasteiger partial charge in [-0.05, 0) is 66.9 Å². The fourth-order valence-corrected chi connectivity index (χ4v) is 4.51. The maximum atomic E-state index is 12.9. The summed E-state index contributed by atoms with van der Waals surface area (Å²) < 4.78 is 28.3. The number of carboxylic acid groups (broad SMARTS) is 1. The first-order chi connectivity index (χ1) is 13.1. The van der Waals surface area contributed by atoms with Gasteiger partial charge in [-0.1, -0.05) is 24.3 Å². The summed E-state index contributed by atoms with van der Waals surface area (Å²) in [7, 11) is -4.03. The Morgan fingerprint density at radius 1 is 0.964 bits per heavy atom. The van der Waals surface area contributed by atoms with Crippen LogP contribution in [0.3, 0.4) is 0 Å². The Morgan fingerprint density at radius 3 is 2.14 bits per heavy atom. The summed E-state index contributed by atoms with van der Waals surface area (Å²) >= 11 is 0. The lowest BCUT2D eigenvalue weighted by atomic mass is 9.99. The summed E-state index contributed by atoms with van der Waals surface area (Å²) in [5, 5.41) is 10.5. The summed E-state index contributed by atoms with van der Waals surface area (Å²) in [6.45, 7) is 4.93. The normalized spacial score (nSPS) is 11.4. The number of sulfonamides is 1. The fourth-order valence-electron chi connectivity index (χ4n) is 3.41. The minimum absolute atomic E-state index is 0.0854. The molecule has 144 valence electrons. The van der Waals surface area contributed by atoms with Gasteiger partial charge in [-0.3, -0.25) is 9.52 Å². The van der Waals surface area contributed by atoms with Crippen LogP contribution in [-0.2, 0) is 10.0 Å². The summed E-state index contributed by atoms with van der Waals surface area (Å²) in [5.74, 6) is -1.30. The topological polar surface area (TPSA) is 101 Å². The number of carboxylic acids is 1. The Balaban J connectivity index is 2.09. The smallest absolute Gasteiger partial charge is 0.336 e. The molecule has 0 aliphatic heterocycles. The Kier molecular flexibility index (Phi) is 4.95. The molecule has 2 N–H and O–H groups in total. The average molecular weight is 397 g/mol. The van der Waals surface area contributed by atoms with Gasteiger partial charge in [0.05, 0.1) is 10.5 Å². The lowest BCUT2D eigenvalue weighted by molar-refractivity contribution is 0.0698. The molecule has 0 atom stereocenters. The highest BCUT2D eigenvalue weighted by Crippen LogP contribution is 2.27. The number of aromatic carboxylic acids is 1. The van der Waals surface area contributed by atoms with Gasteiger partial charge in [0, 0.05) is 11.3 Å². The molecule has 0 aromatic heterocycles. The molecule has 0 aliphatic carbocycles. The van der Waals surface area contributed by atoms with E-state index in [-0.39, 0.29) is 16.2 Å². The van der Waals surface area contributed by atoms with Crippen molar-refractivity contribution in [3.05, 3.63) is 70.8 Å². The molecule has 0 bridgehead atoms. The van der Waals surface area contributed by atoms with E-state index < -0.39 is 16.0 Å². The Labute approximate surface area is 162 Å². The van der Waals surface area contributed by atoms with Crippen LogP contribution in [0.5, 0.6) is 0 Å². The Morgan fingerprint density at radius 2 is 1.57 bits per heavy atom. The van der Waals surface area contributed by atoms with Crippen LogP contribution in [0.25, 0.3) is 10.8 Å². The maximum Gasteiger partial charge on any atom is 0.336 e. The third-order valence-electron chi connectivity index (χ3n) is 4.51. The van der Waals surface area contributed by atoms with Gasteiger partial charge < -0.3 is 5.11 Å². The molecule has 0 radical (unpaired) electrons. The standard InChI is InChI=1S/C21H19NO5S/c1-12-8-16(9-13(2)20(12)14(3)23)22-28(26,27)17-10-15-6-4-5-7-18(15)19(11-17)21(24)25/h4-11,22H,1-3H3,(H,24,25). The van der Waals surface area contributed by atoms with Crippen molar-refractivity contribution in [2.75, 3.05) is 4.72 Å². The van der Waals surface area contributed by atoms with Crippen LogP contribution in [0.2, 0.25) is 0 Å². The van der Waals surface area contributed by atoms with E-state index in [0.717, 1.165) is 6.07 Å². The first kappa shape index (κ1) is 19.6. The van der Waals surface area contributed by atoms with Crippen molar-refractivity contribution in [1.29, 1.82) is 0 Å². The minimum Gasteiger partial charge on any atom is -0.478 e. The number of ketones is 1. The lowest BCUT2D eigenvalue weighted by Gasteiger charge is -2.14. The molecular weight excluding hydrogens is 378 g/mol. The second-order valence-electron chi connectivity index (χ2n) is 6.64. The Hall–Kier alpha value is -3.19. The molecule has 7 heteroatoms. The van der Waals surface area contributed by atoms with Crippen molar-refractivity contribution in [3.8, 4) is 0 Å². The van der Waals surface area contributed by atoms with Crippen molar-refractivity contribution in [1.82, 2.24) is 0 Å². The third-order valence-corrected chi connectivity index (χ3v) is 5.87. The largest absolute Gasteiger partial charge is 0.478 e. The van der Waals surface area contributed by atoms with Crippen LogP contribution in [0.1, 0.15) is 38.8 Å². The van der Waals surface area contributed by atoms with Crippen molar-refractivity contribution in [2.24, 2.45) is 0 Å². The second-order valence-corrected chi connectivity index (χ2v) is 8.33. The zero-order valence-corrected chi connectivity index (χ0v) is 16.4. The van der Waals surface area contributed by atoms with Gasteiger partial charge in [0.2, 0.25) is 0 Å². The summed E-state index contributed by atoms with van der Waals surface area (Å²) in [6.07, 6.45) is 0. The number of anilines is 1. The number of carbonyl (C=O) groups excluding carboxylic acids is 1.